The number of carbonyl (C=O) groups excluding carboxylic acids is 1. The first kappa shape index (κ1) is 10.2. The van der Waals surface area contributed by atoms with Gasteiger partial charge in [-0.3, -0.25) is 4.79 Å². The highest BCUT2D eigenvalue weighted by Gasteiger charge is 2.25. The topological polar surface area (TPSA) is 40.5 Å². The normalized spacial score (nSPS) is 21.9. The fourth-order valence-corrected chi connectivity index (χ4v) is 1.93. The molecule has 1 N–H and O–H groups in total. The van der Waals surface area contributed by atoms with Crippen molar-refractivity contribution < 1.29 is 9.90 Å². The quantitative estimate of drug-likeness (QED) is 0.754. The molecule has 3 nitrogen and oxygen atoms in total. The highest BCUT2D eigenvalue weighted by molar-refractivity contribution is 5.94. The summed E-state index contributed by atoms with van der Waals surface area (Å²) in [6.45, 7) is 2.40. The van der Waals surface area contributed by atoms with E-state index in [0.29, 0.717) is 19.4 Å². The van der Waals surface area contributed by atoms with Gasteiger partial charge in [0.05, 0.1) is 12.6 Å². The molecule has 1 unspecified atom stereocenters. The van der Waals surface area contributed by atoms with Crippen molar-refractivity contribution in [2.24, 2.45) is 0 Å². The number of carbonyl (C=O) groups is 1. The van der Waals surface area contributed by atoms with Crippen LogP contribution in [0.15, 0.2) is 24.3 Å². The average molecular weight is 205 g/mol. The number of rotatable bonds is 1. The lowest BCUT2D eigenvalue weighted by Crippen LogP contribution is -2.42. The van der Waals surface area contributed by atoms with E-state index < -0.39 is 0 Å². The number of amides is 1. The SMILES string of the molecule is Cc1ccccc1N1CC(O)CCC1=O. The van der Waals surface area contributed by atoms with E-state index >= 15 is 0 Å². The van der Waals surface area contributed by atoms with Crippen molar-refractivity contribution >= 4 is 11.6 Å². The summed E-state index contributed by atoms with van der Waals surface area (Å²) in [7, 11) is 0. The summed E-state index contributed by atoms with van der Waals surface area (Å²) in [5.74, 6) is 0.106. The summed E-state index contributed by atoms with van der Waals surface area (Å²) >= 11 is 0. The number of hydrogen-bond donors (Lipinski definition) is 1. The van der Waals surface area contributed by atoms with E-state index in [1.165, 1.54) is 0 Å². The first-order valence-electron chi connectivity index (χ1n) is 5.22. The third kappa shape index (κ3) is 2.02. The van der Waals surface area contributed by atoms with Crippen molar-refractivity contribution in [2.45, 2.75) is 25.9 Å². The number of piperidine rings is 1. The van der Waals surface area contributed by atoms with Crippen LogP contribution >= 0.6 is 0 Å². The maximum atomic E-state index is 11.7. The molecule has 0 aromatic heterocycles. The van der Waals surface area contributed by atoms with Gasteiger partial charge in [-0.1, -0.05) is 18.2 Å². The van der Waals surface area contributed by atoms with Crippen LogP contribution in [-0.2, 0) is 4.79 Å². The largest absolute Gasteiger partial charge is 0.391 e. The molecule has 1 aromatic carbocycles. The molecule has 0 bridgehead atoms. The zero-order chi connectivity index (χ0) is 10.8. The first-order valence-corrected chi connectivity index (χ1v) is 5.22. The van der Waals surface area contributed by atoms with E-state index in [1.807, 2.05) is 31.2 Å². The van der Waals surface area contributed by atoms with Crippen LogP contribution in [0.1, 0.15) is 18.4 Å². The van der Waals surface area contributed by atoms with Gasteiger partial charge in [0.25, 0.3) is 0 Å². The van der Waals surface area contributed by atoms with Crippen molar-refractivity contribution in [3.8, 4) is 0 Å². The van der Waals surface area contributed by atoms with Crippen molar-refractivity contribution in [3.63, 3.8) is 0 Å². The lowest BCUT2D eigenvalue weighted by atomic mass is 10.1. The minimum atomic E-state index is -0.387. The Morgan fingerprint density at radius 3 is 2.87 bits per heavy atom. The van der Waals surface area contributed by atoms with E-state index in [2.05, 4.69) is 0 Å². The number of aliphatic hydroxyl groups is 1. The molecular formula is C12H15NO2. The zero-order valence-corrected chi connectivity index (χ0v) is 8.81. The molecule has 1 fully saturated rings. The molecule has 1 aliphatic rings. The lowest BCUT2D eigenvalue weighted by Gasteiger charge is -2.31. The molecular weight excluding hydrogens is 190 g/mol. The van der Waals surface area contributed by atoms with Gasteiger partial charge in [0, 0.05) is 12.1 Å². The number of benzene rings is 1. The summed E-state index contributed by atoms with van der Waals surface area (Å²) in [4.78, 5) is 13.4. The highest BCUT2D eigenvalue weighted by atomic mass is 16.3. The molecule has 1 saturated heterocycles. The molecule has 1 aliphatic heterocycles. The van der Waals surface area contributed by atoms with Crippen molar-refractivity contribution in [1.82, 2.24) is 0 Å². The Morgan fingerprint density at radius 2 is 2.13 bits per heavy atom. The second-order valence-corrected chi connectivity index (χ2v) is 3.98. The van der Waals surface area contributed by atoms with Crippen molar-refractivity contribution in [2.75, 3.05) is 11.4 Å². The molecule has 2 rings (SSSR count). The lowest BCUT2D eigenvalue weighted by molar-refractivity contribution is -0.121. The molecule has 15 heavy (non-hydrogen) atoms. The number of nitrogens with zero attached hydrogens (tertiary/aromatic N) is 1. The monoisotopic (exact) mass is 205 g/mol. The van der Waals surface area contributed by atoms with Gasteiger partial charge in [0.1, 0.15) is 0 Å². The molecule has 1 heterocycles. The van der Waals surface area contributed by atoms with Crippen LogP contribution in [0.5, 0.6) is 0 Å². The van der Waals surface area contributed by atoms with E-state index in [-0.39, 0.29) is 12.0 Å². The van der Waals surface area contributed by atoms with Crippen LogP contribution < -0.4 is 4.90 Å². The maximum absolute atomic E-state index is 11.7. The summed E-state index contributed by atoms with van der Waals surface area (Å²) in [5, 5.41) is 9.56. The Balaban J connectivity index is 2.29. The molecule has 0 radical (unpaired) electrons. The van der Waals surface area contributed by atoms with Gasteiger partial charge in [0.15, 0.2) is 0 Å². The number of aliphatic hydroxyl groups excluding tert-OH is 1. The fourth-order valence-electron chi connectivity index (χ4n) is 1.93. The molecule has 0 aliphatic carbocycles. The van der Waals surface area contributed by atoms with Crippen LogP contribution in [0.4, 0.5) is 5.69 Å². The summed E-state index contributed by atoms with van der Waals surface area (Å²) < 4.78 is 0. The maximum Gasteiger partial charge on any atom is 0.227 e. The minimum absolute atomic E-state index is 0.106. The third-order valence-electron chi connectivity index (χ3n) is 2.79. The summed E-state index contributed by atoms with van der Waals surface area (Å²) in [5.41, 5.74) is 1.99. The first-order chi connectivity index (χ1) is 7.18. The van der Waals surface area contributed by atoms with E-state index in [4.69, 9.17) is 0 Å². The standard InChI is InChI=1S/C12H15NO2/c1-9-4-2-3-5-11(9)13-8-10(14)6-7-12(13)15/h2-5,10,14H,6-8H2,1H3. The Kier molecular flexibility index (Phi) is 2.73. The molecule has 1 aromatic rings. The number of β-amino-alcohol motifs (C(OH)–C–C–N with tert-alkyl or cyclic N) is 1. The molecule has 3 heteroatoms. The highest BCUT2D eigenvalue weighted by Crippen LogP contribution is 2.24. The summed E-state index contributed by atoms with van der Waals surface area (Å²) in [6.07, 6.45) is 0.638. The van der Waals surface area contributed by atoms with Crippen LogP contribution in [-0.4, -0.2) is 23.7 Å². The fraction of sp³-hybridized carbons (Fsp3) is 0.417. The Hall–Kier alpha value is -1.35. The van der Waals surface area contributed by atoms with Crippen LogP contribution in [0.25, 0.3) is 0 Å². The Labute approximate surface area is 89.3 Å². The van der Waals surface area contributed by atoms with Gasteiger partial charge in [0.2, 0.25) is 5.91 Å². The predicted octanol–water partition coefficient (Wildman–Crippen LogP) is 1.48. The molecule has 0 spiro atoms. The smallest absolute Gasteiger partial charge is 0.227 e. The molecule has 80 valence electrons. The number of para-hydroxylation sites is 1. The third-order valence-corrected chi connectivity index (χ3v) is 2.79. The molecule has 0 saturated carbocycles. The number of hydrogen-bond acceptors (Lipinski definition) is 2. The Bertz CT molecular complexity index is 376. The zero-order valence-electron chi connectivity index (χ0n) is 8.81. The minimum Gasteiger partial charge on any atom is -0.391 e. The van der Waals surface area contributed by atoms with Gasteiger partial charge < -0.3 is 10.0 Å². The Morgan fingerprint density at radius 1 is 1.40 bits per heavy atom. The van der Waals surface area contributed by atoms with Gasteiger partial charge >= 0.3 is 0 Å². The summed E-state index contributed by atoms with van der Waals surface area (Å²) in [6, 6.07) is 7.76. The van der Waals surface area contributed by atoms with Crippen LogP contribution in [0.2, 0.25) is 0 Å². The van der Waals surface area contributed by atoms with Crippen molar-refractivity contribution in [3.05, 3.63) is 29.8 Å². The van der Waals surface area contributed by atoms with Gasteiger partial charge in [-0.25, -0.2) is 0 Å². The predicted molar refractivity (Wildman–Crippen MR) is 58.8 cm³/mol. The van der Waals surface area contributed by atoms with Gasteiger partial charge in [-0.15, -0.1) is 0 Å². The van der Waals surface area contributed by atoms with E-state index in [0.717, 1.165) is 11.3 Å². The van der Waals surface area contributed by atoms with Crippen LogP contribution in [0.3, 0.4) is 0 Å². The van der Waals surface area contributed by atoms with E-state index in [9.17, 15) is 9.90 Å². The second kappa shape index (κ2) is 4.03. The molecule has 1 atom stereocenters. The number of anilines is 1. The van der Waals surface area contributed by atoms with Crippen molar-refractivity contribution in [1.29, 1.82) is 0 Å². The average Bonchev–Trinajstić information content (AvgIpc) is 2.23. The van der Waals surface area contributed by atoms with Gasteiger partial charge in [-0.05, 0) is 25.0 Å². The second-order valence-electron chi connectivity index (χ2n) is 3.98. The number of aryl methyl sites for hydroxylation is 1. The van der Waals surface area contributed by atoms with Gasteiger partial charge in [-0.2, -0.15) is 0 Å². The molecule has 1 amide bonds. The van der Waals surface area contributed by atoms with E-state index in [1.54, 1.807) is 4.90 Å². The van der Waals surface area contributed by atoms with Crippen LogP contribution in [0, 0.1) is 6.92 Å².